The van der Waals surface area contributed by atoms with Gasteiger partial charge in [0.1, 0.15) is 23.8 Å². The van der Waals surface area contributed by atoms with E-state index in [1.165, 1.54) is 10.6 Å². The van der Waals surface area contributed by atoms with Gasteiger partial charge in [-0.15, -0.1) is 0 Å². The van der Waals surface area contributed by atoms with Crippen molar-refractivity contribution in [2.75, 3.05) is 24.7 Å². The first kappa shape index (κ1) is 25.3. The topological polar surface area (TPSA) is 150 Å². The first-order valence-corrected chi connectivity index (χ1v) is 13.8. The predicted octanol–water partition coefficient (Wildman–Crippen LogP) is 2.65. The van der Waals surface area contributed by atoms with E-state index in [-0.39, 0.29) is 37.2 Å². The molecule has 5 rings (SSSR count). The minimum atomic E-state index is -3.25. The molecule has 3 aromatic heterocycles. The molecule has 3 N–H and O–H groups in total. The van der Waals surface area contributed by atoms with Gasteiger partial charge in [-0.05, 0) is 49.9 Å². The second-order valence-electron chi connectivity index (χ2n) is 10.3. The minimum Gasteiger partial charge on any atom is -0.471 e. The first-order valence-electron chi connectivity index (χ1n) is 12.0. The van der Waals surface area contributed by atoms with E-state index in [2.05, 4.69) is 20.3 Å². The van der Waals surface area contributed by atoms with Crippen LogP contribution in [0.25, 0.3) is 10.8 Å². The van der Waals surface area contributed by atoms with Crippen LogP contribution in [0.3, 0.4) is 0 Å². The summed E-state index contributed by atoms with van der Waals surface area (Å²) < 4.78 is 36.1. The SMILES string of the molecule is C[C@@H]1OC(=O)c2ccc(Nc3cc4c(C(C)(C)N)cnc(OC5CN(S(C)(=O)=O)C5)c4cn3)nc2[C@H]1C. The Labute approximate surface area is 215 Å². The Hall–Kier alpha value is -3.35. The fraction of sp³-hybridized carbons (Fsp3) is 0.440. The van der Waals surface area contributed by atoms with Gasteiger partial charge in [-0.3, -0.25) is 0 Å². The van der Waals surface area contributed by atoms with E-state index in [1.54, 1.807) is 24.5 Å². The molecule has 0 unspecified atom stereocenters. The molecule has 196 valence electrons. The Morgan fingerprint density at radius 2 is 1.86 bits per heavy atom. The number of carbonyl (C=O) groups excluding carboxylic acids is 1. The lowest BCUT2D eigenvalue weighted by Crippen LogP contribution is -2.55. The molecule has 1 fully saturated rings. The number of carbonyl (C=O) groups is 1. The Morgan fingerprint density at radius 3 is 2.54 bits per heavy atom. The van der Waals surface area contributed by atoms with Crippen LogP contribution in [0.4, 0.5) is 11.6 Å². The number of hydrogen-bond donors (Lipinski definition) is 2. The van der Waals surface area contributed by atoms with Gasteiger partial charge in [0.05, 0.1) is 36.0 Å². The maximum Gasteiger partial charge on any atom is 0.340 e. The number of aromatic nitrogens is 3. The van der Waals surface area contributed by atoms with E-state index in [1.807, 2.05) is 33.8 Å². The summed E-state index contributed by atoms with van der Waals surface area (Å²) in [5.74, 6) is 1.04. The van der Waals surface area contributed by atoms with Gasteiger partial charge >= 0.3 is 5.97 Å². The van der Waals surface area contributed by atoms with Crippen molar-refractivity contribution in [3.8, 4) is 5.88 Å². The molecule has 12 heteroatoms. The van der Waals surface area contributed by atoms with Gasteiger partial charge in [-0.25, -0.2) is 28.2 Å². The number of nitrogens with one attached hydrogen (secondary N) is 1. The third-order valence-corrected chi connectivity index (χ3v) is 8.06. The van der Waals surface area contributed by atoms with Crippen molar-refractivity contribution in [2.24, 2.45) is 5.73 Å². The number of pyridine rings is 3. The third kappa shape index (κ3) is 4.83. The van der Waals surface area contributed by atoms with Crippen molar-refractivity contribution in [1.82, 2.24) is 19.3 Å². The van der Waals surface area contributed by atoms with Crippen LogP contribution in [-0.2, 0) is 20.3 Å². The summed E-state index contributed by atoms with van der Waals surface area (Å²) in [6, 6.07) is 5.28. The quantitative estimate of drug-likeness (QED) is 0.459. The number of nitrogens with zero attached hydrogens (tertiary/aromatic N) is 4. The Balaban J connectivity index is 1.47. The average Bonchev–Trinajstić information content (AvgIpc) is 2.77. The van der Waals surface area contributed by atoms with Crippen LogP contribution in [-0.4, -0.2) is 65.2 Å². The Bertz CT molecular complexity index is 1500. The van der Waals surface area contributed by atoms with Crippen LogP contribution in [0.2, 0.25) is 0 Å². The molecule has 5 heterocycles. The summed E-state index contributed by atoms with van der Waals surface area (Å²) in [5, 5.41) is 4.70. The van der Waals surface area contributed by atoms with Gasteiger partial charge in [0.15, 0.2) is 0 Å². The van der Waals surface area contributed by atoms with Gasteiger partial charge in [0.25, 0.3) is 0 Å². The number of ether oxygens (including phenoxy) is 2. The van der Waals surface area contributed by atoms with Crippen LogP contribution in [0.15, 0.2) is 30.6 Å². The zero-order chi connectivity index (χ0) is 26.7. The van der Waals surface area contributed by atoms with E-state index in [0.29, 0.717) is 34.2 Å². The van der Waals surface area contributed by atoms with Crippen LogP contribution < -0.4 is 15.8 Å². The van der Waals surface area contributed by atoms with Gasteiger partial charge in [-0.2, -0.15) is 4.31 Å². The van der Waals surface area contributed by atoms with Crippen LogP contribution >= 0.6 is 0 Å². The molecule has 0 saturated carbocycles. The number of sulfonamides is 1. The minimum absolute atomic E-state index is 0.0421. The largest absolute Gasteiger partial charge is 0.471 e. The summed E-state index contributed by atoms with van der Waals surface area (Å²) in [4.78, 5) is 25.9. The standard InChI is InChI=1S/C25H30N6O5S/c1-13-14(2)35-24(32)16-6-7-20(30-22(13)16)29-21-8-17-18(9-27-21)23(28-10-19(17)25(3,4)26)36-15-11-31(12-15)37(5,33)34/h6-10,13-15H,11-12,26H2,1-5H3,(H,27,29,30)/t13-,14-/m0/s1. The third-order valence-electron chi connectivity index (χ3n) is 6.82. The van der Waals surface area contributed by atoms with Gasteiger partial charge in [-0.1, -0.05) is 6.92 Å². The highest BCUT2D eigenvalue weighted by molar-refractivity contribution is 7.88. The van der Waals surface area contributed by atoms with Gasteiger partial charge < -0.3 is 20.5 Å². The number of hydrogen-bond acceptors (Lipinski definition) is 10. The van der Waals surface area contributed by atoms with Crippen molar-refractivity contribution in [1.29, 1.82) is 0 Å². The van der Waals surface area contributed by atoms with E-state index in [0.717, 1.165) is 10.9 Å². The summed E-state index contributed by atoms with van der Waals surface area (Å²) in [6.45, 7) is 8.15. The zero-order valence-electron chi connectivity index (χ0n) is 21.3. The monoisotopic (exact) mass is 526 g/mol. The van der Waals surface area contributed by atoms with Crippen molar-refractivity contribution in [3.63, 3.8) is 0 Å². The lowest BCUT2D eigenvalue weighted by Gasteiger charge is -2.36. The molecule has 0 amide bonds. The van der Waals surface area contributed by atoms with Crippen LogP contribution in [0.5, 0.6) is 5.88 Å². The lowest BCUT2D eigenvalue weighted by molar-refractivity contribution is 0.0235. The van der Waals surface area contributed by atoms with Crippen molar-refractivity contribution in [3.05, 3.63) is 47.4 Å². The normalized spacial score (nSPS) is 20.8. The van der Waals surface area contributed by atoms with E-state index >= 15 is 0 Å². The van der Waals surface area contributed by atoms with Gasteiger partial charge in [0.2, 0.25) is 15.9 Å². The van der Waals surface area contributed by atoms with Crippen molar-refractivity contribution in [2.45, 2.75) is 51.4 Å². The highest BCUT2D eigenvalue weighted by Gasteiger charge is 2.36. The van der Waals surface area contributed by atoms with Crippen LogP contribution in [0, 0.1) is 0 Å². The molecule has 2 aliphatic heterocycles. The fourth-order valence-corrected chi connectivity index (χ4v) is 5.32. The second-order valence-corrected chi connectivity index (χ2v) is 12.3. The summed E-state index contributed by atoms with van der Waals surface area (Å²) >= 11 is 0. The number of esters is 1. The fourth-order valence-electron chi connectivity index (χ4n) is 4.44. The molecule has 0 spiro atoms. The Morgan fingerprint density at radius 1 is 1.14 bits per heavy atom. The molecule has 0 radical (unpaired) electrons. The molecule has 0 bridgehead atoms. The highest BCUT2D eigenvalue weighted by Crippen LogP contribution is 2.35. The second kappa shape index (κ2) is 8.89. The van der Waals surface area contributed by atoms with Gasteiger partial charge in [0, 0.05) is 23.9 Å². The molecule has 2 atom stereocenters. The average molecular weight is 527 g/mol. The lowest BCUT2D eigenvalue weighted by atomic mass is 9.93. The number of anilines is 2. The van der Waals surface area contributed by atoms with Crippen molar-refractivity contribution >= 4 is 38.4 Å². The van der Waals surface area contributed by atoms with E-state index in [4.69, 9.17) is 15.2 Å². The highest BCUT2D eigenvalue weighted by atomic mass is 32.2. The molecule has 37 heavy (non-hydrogen) atoms. The predicted molar refractivity (Wildman–Crippen MR) is 138 cm³/mol. The summed E-state index contributed by atoms with van der Waals surface area (Å²) in [5.41, 5.74) is 7.70. The molecule has 0 aromatic carbocycles. The molecule has 1 saturated heterocycles. The molecular weight excluding hydrogens is 496 g/mol. The first-order chi connectivity index (χ1) is 17.3. The number of cyclic esters (lactones) is 1. The maximum absolute atomic E-state index is 12.2. The van der Waals surface area contributed by atoms with Crippen LogP contribution in [0.1, 0.15) is 55.2 Å². The van der Waals surface area contributed by atoms with E-state index in [9.17, 15) is 13.2 Å². The maximum atomic E-state index is 12.2. The smallest absolute Gasteiger partial charge is 0.340 e. The summed E-state index contributed by atoms with van der Waals surface area (Å²) in [6.07, 6.45) is 3.96. The molecule has 11 nitrogen and oxygen atoms in total. The molecular formula is C25H30N6O5S. The number of fused-ring (bicyclic) bond motifs is 2. The molecule has 3 aromatic rings. The number of nitrogens with two attached hydrogens (primary N) is 1. The van der Waals surface area contributed by atoms with E-state index < -0.39 is 15.6 Å². The van der Waals surface area contributed by atoms with Crippen molar-refractivity contribution < 1.29 is 22.7 Å². The number of rotatable bonds is 6. The Kier molecular flexibility index (Phi) is 6.08. The molecule has 2 aliphatic rings. The summed E-state index contributed by atoms with van der Waals surface area (Å²) in [7, 11) is -3.25. The zero-order valence-corrected chi connectivity index (χ0v) is 22.2. The molecule has 0 aliphatic carbocycles.